The minimum atomic E-state index is -1.15. The average Bonchev–Trinajstić information content (AvgIpc) is 3.35. The number of benzene rings is 3. The number of halogens is 2. The molecule has 1 saturated carbocycles. The second-order valence-corrected chi connectivity index (χ2v) is 8.82. The average molecular weight is 503 g/mol. The van der Waals surface area contributed by atoms with Crippen molar-refractivity contribution in [3.63, 3.8) is 0 Å². The van der Waals surface area contributed by atoms with Gasteiger partial charge in [0.1, 0.15) is 17.7 Å². The van der Waals surface area contributed by atoms with Crippen molar-refractivity contribution in [1.29, 1.82) is 0 Å². The van der Waals surface area contributed by atoms with Gasteiger partial charge in [0, 0.05) is 28.3 Å². The summed E-state index contributed by atoms with van der Waals surface area (Å²) in [6.45, 7) is 0. The number of anilines is 1. The zero-order valence-electron chi connectivity index (χ0n) is 18.8. The van der Waals surface area contributed by atoms with Crippen LogP contribution in [0.3, 0.4) is 0 Å². The van der Waals surface area contributed by atoms with Crippen molar-refractivity contribution in [3.05, 3.63) is 107 Å². The van der Waals surface area contributed by atoms with Gasteiger partial charge >= 0.3 is 0 Å². The molecular formula is C26H20ClFN6O2. The van der Waals surface area contributed by atoms with Gasteiger partial charge in [-0.25, -0.2) is 4.39 Å². The fraction of sp³-hybridized carbons (Fsp3) is 0.115. The fourth-order valence-corrected chi connectivity index (χ4v) is 4.32. The monoisotopic (exact) mass is 502 g/mol. The standard InChI is InChI=1S/C26H20ClFN6O2/c27-19-7-12-23(34-16-29-32-33-34)18(14-19)6-13-24(35)31-26(15-22(26)17-4-2-1-3-5-17)25(36)30-21-10-8-20(28)9-11-21/h1-14,16,22H,15H2,(H,30,36)(H,31,35)/b13-6+/t22?,26-/m1/s1. The second kappa shape index (κ2) is 9.71. The van der Waals surface area contributed by atoms with Gasteiger partial charge in [0.25, 0.3) is 5.91 Å². The summed E-state index contributed by atoms with van der Waals surface area (Å²) in [4.78, 5) is 26.4. The summed E-state index contributed by atoms with van der Waals surface area (Å²) >= 11 is 6.15. The van der Waals surface area contributed by atoms with Crippen molar-refractivity contribution < 1.29 is 14.0 Å². The molecule has 2 atom stereocenters. The fourth-order valence-electron chi connectivity index (χ4n) is 4.14. The number of aromatic nitrogens is 4. The van der Waals surface area contributed by atoms with Crippen LogP contribution < -0.4 is 10.6 Å². The highest BCUT2D eigenvalue weighted by molar-refractivity contribution is 6.30. The highest BCUT2D eigenvalue weighted by Gasteiger charge is 2.61. The van der Waals surface area contributed by atoms with E-state index in [4.69, 9.17) is 11.6 Å². The van der Waals surface area contributed by atoms with Crippen LogP contribution in [-0.2, 0) is 9.59 Å². The lowest BCUT2D eigenvalue weighted by Crippen LogP contribution is -2.47. The smallest absolute Gasteiger partial charge is 0.250 e. The zero-order chi connectivity index (χ0) is 25.1. The molecule has 2 N–H and O–H groups in total. The number of amides is 2. The van der Waals surface area contributed by atoms with Crippen molar-refractivity contribution in [3.8, 4) is 5.69 Å². The van der Waals surface area contributed by atoms with E-state index in [9.17, 15) is 14.0 Å². The molecule has 180 valence electrons. The Hall–Kier alpha value is -4.37. The van der Waals surface area contributed by atoms with Gasteiger partial charge in [0.15, 0.2) is 0 Å². The van der Waals surface area contributed by atoms with Crippen molar-refractivity contribution in [1.82, 2.24) is 25.5 Å². The van der Waals surface area contributed by atoms with Crippen LogP contribution in [0, 0.1) is 5.82 Å². The van der Waals surface area contributed by atoms with Gasteiger partial charge in [0.2, 0.25) is 5.91 Å². The second-order valence-electron chi connectivity index (χ2n) is 8.38. The molecule has 1 fully saturated rings. The molecule has 1 heterocycles. The van der Waals surface area contributed by atoms with Crippen LogP contribution in [0.2, 0.25) is 5.02 Å². The third-order valence-electron chi connectivity index (χ3n) is 6.02. The van der Waals surface area contributed by atoms with Gasteiger partial charge in [-0.3, -0.25) is 9.59 Å². The van der Waals surface area contributed by atoms with E-state index < -0.39 is 17.3 Å². The third-order valence-corrected chi connectivity index (χ3v) is 6.25. The molecule has 0 bridgehead atoms. The van der Waals surface area contributed by atoms with E-state index in [0.717, 1.165) is 5.56 Å². The minimum absolute atomic E-state index is 0.209. The molecule has 1 aromatic heterocycles. The summed E-state index contributed by atoms with van der Waals surface area (Å²) in [7, 11) is 0. The van der Waals surface area contributed by atoms with Crippen LogP contribution in [0.5, 0.6) is 0 Å². The van der Waals surface area contributed by atoms with Gasteiger partial charge in [-0.2, -0.15) is 4.68 Å². The molecule has 36 heavy (non-hydrogen) atoms. The molecule has 1 aliphatic rings. The third kappa shape index (κ3) is 4.87. The summed E-state index contributed by atoms with van der Waals surface area (Å²) in [5, 5.41) is 17.3. The first kappa shape index (κ1) is 23.4. The molecule has 5 rings (SSSR count). The van der Waals surface area contributed by atoms with E-state index in [0.29, 0.717) is 28.4 Å². The molecule has 8 nitrogen and oxygen atoms in total. The molecular weight excluding hydrogens is 483 g/mol. The highest BCUT2D eigenvalue weighted by Crippen LogP contribution is 2.52. The Labute approximate surface area is 210 Å². The highest BCUT2D eigenvalue weighted by atomic mass is 35.5. The predicted molar refractivity (Wildman–Crippen MR) is 133 cm³/mol. The lowest BCUT2D eigenvalue weighted by atomic mass is 10.0. The predicted octanol–water partition coefficient (Wildman–Crippen LogP) is 4.15. The van der Waals surface area contributed by atoms with E-state index in [1.165, 1.54) is 41.4 Å². The Morgan fingerprint density at radius 1 is 1.08 bits per heavy atom. The number of nitrogens with zero attached hydrogens (tertiary/aromatic N) is 4. The zero-order valence-corrected chi connectivity index (χ0v) is 19.6. The number of tetrazole rings is 1. The summed E-state index contributed by atoms with van der Waals surface area (Å²) in [6, 6.07) is 20.1. The number of hydrogen-bond acceptors (Lipinski definition) is 5. The Balaban J connectivity index is 1.39. The van der Waals surface area contributed by atoms with E-state index in [1.54, 1.807) is 24.3 Å². The SMILES string of the molecule is O=C(/C=C/c1cc(Cl)ccc1-n1cnnn1)N[C@]1(C(=O)Nc2ccc(F)cc2)CC1c1ccccc1. The van der Waals surface area contributed by atoms with Gasteiger partial charge in [-0.05, 0) is 71.0 Å². The van der Waals surface area contributed by atoms with Crippen molar-refractivity contribution in [2.24, 2.45) is 0 Å². The molecule has 1 aliphatic carbocycles. The Morgan fingerprint density at radius 3 is 2.58 bits per heavy atom. The minimum Gasteiger partial charge on any atom is -0.338 e. The van der Waals surface area contributed by atoms with Crippen LogP contribution in [-0.4, -0.2) is 37.6 Å². The number of hydrogen-bond donors (Lipinski definition) is 2. The van der Waals surface area contributed by atoms with Crippen molar-refractivity contribution >= 4 is 35.2 Å². The quantitative estimate of drug-likeness (QED) is 0.370. The normalized spacial score (nSPS) is 18.7. The van der Waals surface area contributed by atoms with Crippen molar-refractivity contribution in [2.45, 2.75) is 17.9 Å². The van der Waals surface area contributed by atoms with E-state index in [-0.39, 0.29) is 11.8 Å². The summed E-state index contributed by atoms with van der Waals surface area (Å²) < 4.78 is 14.8. The molecule has 0 spiro atoms. The van der Waals surface area contributed by atoms with Gasteiger partial charge in [-0.1, -0.05) is 41.9 Å². The molecule has 0 aliphatic heterocycles. The molecule has 0 saturated heterocycles. The number of nitrogens with one attached hydrogen (secondary N) is 2. The Kier molecular flexibility index (Phi) is 6.30. The van der Waals surface area contributed by atoms with Gasteiger partial charge in [-0.15, -0.1) is 5.10 Å². The molecule has 0 radical (unpaired) electrons. The van der Waals surface area contributed by atoms with E-state index >= 15 is 0 Å². The number of carbonyl (C=O) groups excluding carboxylic acids is 2. The maximum Gasteiger partial charge on any atom is 0.250 e. The maximum atomic E-state index is 13.3. The van der Waals surface area contributed by atoms with E-state index in [1.807, 2.05) is 30.3 Å². The molecule has 2 amide bonds. The summed E-state index contributed by atoms with van der Waals surface area (Å²) in [6.07, 6.45) is 4.79. The summed E-state index contributed by atoms with van der Waals surface area (Å²) in [5.74, 6) is -1.44. The van der Waals surface area contributed by atoms with Crippen LogP contribution in [0.1, 0.15) is 23.5 Å². The Morgan fingerprint density at radius 2 is 1.86 bits per heavy atom. The molecule has 3 aromatic carbocycles. The number of carbonyl (C=O) groups is 2. The van der Waals surface area contributed by atoms with E-state index in [2.05, 4.69) is 26.2 Å². The topological polar surface area (TPSA) is 102 Å². The first-order valence-electron chi connectivity index (χ1n) is 11.1. The lowest BCUT2D eigenvalue weighted by molar-refractivity contribution is -0.124. The Bertz CT molecular complexity index is 1430. The largest absolute Gasteiger partial charge is 0.338 e. The van der Waals surface area contributed by atoms with Gasteiger partial charge < -0.3 is 10.6 Å². The van der Waals surface area contributed by atoms with Crippen LogP contribution >= 0.6 is 11.6 Å². The molecule has 1 unspecified atom stereocenters. The van der Waals surface area contributed by atoms with Crippen molar-refractivity contribution in [2.75, 3.05) is 5.32 Å². The van der Waals surface area contributed by atoms with Crippen LogP contribution in [0.4, 0.5) is 10.1 Å². The maximum absolute atomic E-state index is 13.3. The van der Waals surface area contributed by atoms with Gasteiger partial charge in [0.05, 0.1) is 5.69 Å². The van der Waals surface area contributed by atoms with Crippen LogP contribution in [0.25, 0.3) is 11.8 Å². The first-order valence-corrected chi connectivity index (χ1v) is 11.5. The lowest BCUT2D eigenvalue weighted by Gasteiger charge is -2.19. The first-order chi connectivity index (χ1) is 17.4. The summed E-state index contributed by atoms with van der Waals surface area (Å²) in [5.41, 5.74) is 1.47. The number of rotatable bonds is 7. The molecule has 4 aromatic rings. The molecule has 10 heteroatoms. The van der Waals surface area contributed by atoms with Crippen LogP contribution in [0.15, 0.2) is 85.2 Å².